The van der Waals surface area contributed by atoms with Crippen LogP contribution in [0.4, 0.5) is 5.82 Å². The van der Waals surface area contributed by atoms with E-state index in [1.807, 2.05) is 11.6 Å². The van der Waals surface area contributed by atoms with Crippen molar-refractivity contribution in [2.75, 3.05) is 5.73 Å². The molecule has 5 nitrogen and oxygen atoms in total. The Morgan fingerprint density at radius 1 is 1.50 bits per heavy atom. The first-order valence-corrected chi connectivity index (χ1v) is 4.69. The molecule has 16 heavy (non-hydrogen) atoms. The number of hydrogen-bond donors (Lipinski definition) is 1. The fourth-order valence-electron chi connectivity index (χ4n) is 1.50. The topological polar surface area (TPSA) is 69.6 Å². The molecule has 78 valence electrons. The number of nitrogen functional groups attached to an aromatic ring is 1. The van der Waals surface area contributed by atoms with Crippen molar-refractivity contribution in [2.45, 2.75) is 12.8 Å². The fraction of sp³-hybridized carbons (Fsp3) is 0.300. The summed E-state index contributed by atoms with van der Waals surface area (Å²) in [6, 6.07) is 0. The predicted molar refractivity (Wildman–Crippen MR) is 57.9 cm³/mol. The van der Waals surface area contributed by atoms with Gasteiger partial charge in [0.05, 0.1) is 0 Å². The Kier molecular flexibility index (Phi) is 4.56. The third-order valence-electron chi connectivity index (χ3n) is 2.31. The van der Waals surface area contributed by atoms with E-state index in [0.717, 1.165) is 24.3 Å². The Bertz CT molecular complexity index is 505. The van der Waals surface area contributed by atoms with E-state index in [1.165, 1.54) is 6.33 Å². The van der Waals surface area contributed by atoms with Crippen molar-refractivity contribution < 1.29 is 32.7 Å². The maximum absolute atomic E-state index is 5.71. The molecule has 0 aromatic carbocycles. The maximum atomic E-state index is 5.71. The van der Waals surface area contributed by atoms with Gasteiger partial charge in [0.25, 0.3) is 0 Å². The molecule has 0 spiro atoms. The smallest absolute Gasteiger partial charge is 0.518 e. The van der Waals surface area contributed by atoms with Crippen LogP contribution in [-0.2, 0) is 46.2 Å². The number of nitrogens with zero attached hydrogens (tertiary/aromatic N) is 4. The molecule has 0 unspecified atom stereocenters. The first-order valence-electron chi connectivity index (χ1n) is 4.69. The third kappa shape index (κ3) is 2.30. The van der Waals surface area contributed by atoms with Crippen LogP contribution in [0.1, 0.15) is 12.2 Å². The van der Waals surface area contributed by atoms with Crippen molar-refractivity contribution in [1.29, 1.82) is 0 Å². The summed E-state index contributed by atoms with van der Waals surface area (Å²) in [6.07, 6.45) is 4.62. The van der Waals surface area contributed by atoms with Crippen LogP contribution in [-0.4, -0.2) is 19.5 Å². The van der Waals surface area contributed by atoms with Crippen LogP contribution in [0.25, 0.3) is 11.2 Å². The molecule has 0 bridgehead atoms. The van der Waals surface area contributed by atoms with Crippen LogP contribution < -0.4 is 5.73 Å². The number of nitrogens with two attached hydrogens (primary N) is 1. The normalized spacial score (nSPS) is 10.1. The Hall–Kier alpha value is -0.806. The van der Waals surface area contributed by atoms with E-state index < -0.39 is 0 Å². The van der Waals surface area contributed by atoms with Crippen molar-refractivity contribution in [3.05, 3.63) is 24.8 Å². The van der Waals surface area contributed by atoms with Crippen LogP contribution in [0.15, 0.2) is 12.4 Å². The summed E-state index contributed by atoms with van der Waals surface area (Å²) in [7, 11) is 1.91. The largest absolute Gasteiger partial charge is 3.00 e. The van der Waals surface area contributed by atoms with E-state index in [0.29, 0.717) is 11.3 Å². The molecule has 0 atom stereocenters. The van der Waals surface area contributed by atoms with Gasteiger partial charge in [0.15, 0.2) is 17.0 Å². The maximum Gasteiger partial charge on any atom is 3.00 e. The molecular formula is C10H12N5Y+2. The summed E-state index contributed by atoms with van der Waals surface area (Å²) >= 11 is 0. The molecule has 2 heterocycles. The summed E-state index contributed by atoms with van der Waals surface area (Å²) in [4.78, 5) is 12.4. The summed E-state index contributed by atoms with van der Waals surface area (Å²) in [5.41, 5.74) is 7.13. The number of rotatable bonds is 3. The molecule has 0 fully saturated rings. The van der Waals surface area contributed by atoms with Crippen LogP contribution >= 0.6 is 0 Å². The standard InChI is InChI=1S/C10H12N5.Y/c1-3-4-5-7-14-8-9(11)12-6-13-10(8)15(7)2;/h1,3,6H,4-5H2,2H3,(H2,11,12,13);/q-1;+3. The molecular weight excluding hydrogens is 279 g/mol. The van der Waals surface area contributed by atoms with Gasteiger partial charge in [-0.05, 0) is 0 Å². The van der Waals surface area contributed by atoms with Gasteiger partial charge in [-0.25, -0.2) is 15.0 Å². The number of aryl methyl sites for hydroxylation is 2. The zero-order valence-corrected chi connectivity index (χ0v) is 11.9. The second-order valence-corrected chi connectivity index (χ2v) is 3.29. The van der Waals surface area contributed by atoms with Crippen LogP contribution in [0.2, 0.25) is 0 Å². The molecule has 0 aliphatic rings. The molecule has 0 saturated carbocycles. The van der Waals surface area contributed by atoms with Gasteiger partial charge in [0, 0.05) is 13.5 Å². The average Bonchev–Trinajstić information content (AvgIpc) is 2.55. The van der Waals surface area contributed by atoms with Crippen molar-refractivity contribution in [2.24, 2.45) is 7.05 Å². The molecule has 0 radical (unpaired) electrons. The molecule has 2 aromatic heterocycles. The van der Waals surface area contributed by atoms with Crippen molar-refractivity contribution in [3.8, 4) is 0 Å². The number of aromatic nitrogens is 4. The van der Waals surface area contributed by atoms with Crippen molar-refractivity contribution >= 4 is 17.0 Å². The van der Waals surface area contributed by atoms with E-state index in [1.54, 1.807) is 6.08 Å². The zero-order valence-electron chi connectivity index (χ0n) is 9.09. The minimum Gasteiger partial charge on any atom is -0.518 e. The Morgan fingerprint density at radius 3 is 2.88 bits per heavy atom. The molecule has 2 N–H and O–H groups in total. The molecule has 6 heteroatoms. The number of allylic oxidation sites excluding steroid dienone is 1. The van der Waals surface area contributed by atoms with Crippen molar-refractivity contribution in [1.82, 2.24) is 19.5 Å². The fourth-order valence-corrected chi connectivity index (χ4v) is 1.50. The molecule has 0 amide bonds. The van der Waals surface area contributed by atoms with Crippen LogP contribution in [0.3, 0.4) is 0 Å². The average molecular weight is 291 g/mol. The second kappa shape index (κ2) is 5.50. The molecule has 0 aliphatic carbocycles. The SMILES string of the molecule is [CH-]=CCCc1nc2c(N)ncnc2n1C.[Y+3]. The Balaban J connectivity index is 0.00000128. The summed E-state index contributed by atoms with van der Waals surface area (Å²) in [6.45, 7) is 5.34. The van der Waals surface area contributed by atoms with Gasteiger partial charge < -0.3 is 16.9 Å². The second-order valence-electron chi connectivity index (χ2n) is 3.29. The van der Waals surface area contributed by atoms with E-state index in [4.69, 9.17) is 12.3 Å². The number of fused-ring (bicyclic) bond motifs is 1. The summed E-state index contributed by atoms with van der Waals surface area (Å²) in [5, 5.41) is 0. The quantitative estimate of drug-likeness (QED) is 0.852. The van der Waals surface area contributed by atoms with Gasteiger partial charge in [0.2, 0.25) is 0 Å². The van der Waals surface area contributed by atoms with Gasteiger partial charge in [-0.3, -0.25) is 6.08 Å². The van der Waals surface area contributed by atoms with E-state index in [2.05, 4.69) is 15.0 Å². The number of anilines is 1. The summed E-state index contributed by atoms with van der Waals surface area (Å²) in [5.74, 6) is 1.33. The van der Waals surface area contributed by atoms with Gasteiger partial charge in [-0.2, -0.15) is 0 Å². The van der Waals surface area contributed by atoms with E-state index in [9.17, 15) is 0 Å². The predicted octanol–water partition coefficient (Wildman–Crippen LogP) is 0.865. The number of imidazole rings is 1. The third-order valence-corrected chi connectivity index (χ3v) is 2.31. The molecule has 0 saturated heterocycles. The Labute approximate surface area is 119 Å². The number of hydrogen-bond acceptors (Lipinski definition) is 4. The van der Waals surface area contributed by atoms with Crippen molar-refractivity contribution in [3.63, 3.8) is 0 Å². The molecule has 2 rings (SSSR count). The minimum absolute atomic E-state index is 0. The Morgan fingerprint density at radius 2 is 2.25 bits per heavy atom. The van der Waals surface area contributed by atoms with E-state index >= 15 is 0 Å². The molecule has 0 aliphatic heterocycles. The summed E-state index contributed by atoms with van der Waals surface area (Å²) < 4.78 is 1.91. The monoisotopic (exact) mass is 291 g/mol. The first kappa shape index (κ1) is 13.3. The zero-order chi connectivity index (χ0) is 10.8. The van der Waals surface area contributed by atoms with Gasteiger partial charge in [-0.15, -0.1) is 0 Å². The molecule has 2 aromatic rings. The van der Waals surface area contributed by atoms with Gasteiger partial charge >= 0.3 is 32.7 Å². The van der Waals surface area contributed by atoms with Gasteiger partial charge in [-0.1, -0.05) is 6.42 Å². The van der Waals surface area contributed by atoms with Gasteiger partial charge in [0.1, 0.15) is 12.2 Å². The van der Waals surface area contributed by atoms with Crippen LogP contribution in [0, 0.1) is 6.58 Å². The van der Waals surface area contributed by atoms with E-state index in [-0.39, 0.29) is 32.7 Å². The van der Waals surface area contributed by atoms with Crippen LogP contribution in [0.5, 0.6) is 0 Å². The minimum atomic E-state index is 0. The first-order chi connectivity index (χ1) is 7.24.